The van der Waals surface area contributed by atoms with E-state index in [-0.39, 0.29) is 11.5 Å². The maximum atomic E-state index is 6.06. The maximum absolute atomic E-state index is 6.06. The van der Waals surface area contributed by atoms with Crippen molar-refractivity contribution >= 4 is 5.52 Å². The molecule has 1 aliphatic heterocycles. The van der Waals surface area contributed by atoms with Crippen molar-refractivity contribution in [1.82, 2.24) is 19.9 Å². The topological polar surface area (TPSA) is 51.5 Å². The minimum absolute atomic E-state index is 0.0235. The van der Waals surface area contributed by atoms with Gasteiger partial charge in [-0.15, -0.1) is 0 Å². The van der Waals surface area contributed by atoms with Crippen LogP contribution in [0.25, 0.3) is 5.52 Å². The van der Waals surface area contributed by atoms with Crippen LogP contribution in [0.5, 0.6) is 5.88 Å². The van der Waals surface area contributed by atoms with Crippen molar-refractivity contribution < 1.29 is 4.74 Å². The first-order valence-corrected chi connectivity index (χ1v) is 7.26. The average molecular weight is 274 g/mol. The largest absolute Gasteiger partial charge is 0.471 e. The lowest BCUT2D eigenvalue weighted by molar-refractivity contribution is 0.162. The summed E-state index contributed by atoms with van der Waals surface area (Å²) < 4.78 is 7.92. The quantitative estimate of drug-likeness (QED) is 0.911. The van der Waals surface area contributed by atoms with Crippen molar-refractivity contribution in [2.45, 2.75) is 45.1 Å². The van der Waals surface area contributed by atoms with E-state index in [1.807, 2.05) is 10.7 Å². The molecule has 1 atom stereocenters. The molecule has 0 radical (unpaired) electrons. The summed E-state index contributed by atoms with van der Waals surface area (Å²) >= 11 is 0. The fraction of sp³-hybridized carbons (Fsp3) is 0.600. The Bertz CT molecular complexity index is 593. The van der Waals surface area contributed by atoms with Gasteiger partial charge in [-0.3, -0.25) is 0 Å². The lowest BCUT2D eigenvalue weighted by Crippen LogP contribution is -2.37. The molecule has 108 valence electrons. The Labute approximate surface area is 119 Å². The molecule has 0 spiro atoms. The second-order valence-electron chi connectivity index (χ2n) is 6.43. The van der Waals surface area contributed by atoms with Gasteiger partial charge in [-0.2, -0.15) is 5.10 Å². The van der Waals surface area contributed by atoms with E-state index in [2.05, 4.69) is 42.2 Å². The van der Waals surface area contributed by atoms with E-state index in [1.165, 1.54) is 0 Å². The average Bonchev–Trinajstić information content (AvgIpc) is 2.85. The van der Waals surface area contributed by atoms with Crippen LogP contribution in [0.2, 0.25) is 0 Å². The molecule has 0 bridgehead atoms. The van der Waals surface area contributed by atoms with Crippen molar-refractivity contribution in [3.05, 3.63) is 24.2 Å². The third kappa shape index (κ3) is 2.63. The zero-order valence-corrected chi connectivity index (χ0v) is 12.4. The molecule has 1 fully saturated rings. The van der Waals surface area contributed by atoms with Crippen LogP contribution in [0.3, 0.4) is 0 Å². The highest BCUT2D eigenvalue weighted by molar-refractivity contribution is 5.57. The van der Waals surface area contributed by atoms with Gasteiger partial charge in [0.05, 0.1) is 5.69 Å². The van der Waals surface area contributed by atoms with Gasteiger partial charge in [0, 0.05) is 24.4 Å². The summed E-state index contributed by atoms with van der Waals surface area (Å²) in [6, 6.07) is 2.08. The van der Waals surface area contributed by atoms with Gasteiger partial charge in [0.2, 0.25) is 5.88 Å². The summed E-state index contributed by atoms with van der Waals surface area (Å²) in [7, 11) is 0. The van der Waals surface area contributed by atoms with Crippen LogP contribution in [0, 0.1) is 0 Å². The standard InChI is InChI=1S/C15H22N4O/c1-15(2,3)13-9-12-14(17-7-8-19(12)18-13)20-11-5-4-6-16-10-11/h7-9,11,16H,4-6,10H2,1-3H3. The van der Waals surface area contributed by atoms with Crippen molar-refractivity contribution in [2.24, 2.45) is 0 Å². The first-order chi connectivity index (χ1) is 9.54. The Morgan fingerprint density at radius 2 is 2.25 bits per heavy atom. The van der Waals surface area contributed by atoms with Crippen LogP contribution in [-0.2, 0) is 5.41 Å². The SMILES string of the molecule is CC(C)(C)c1cc2c(OC3CCCNC3)nccn2n1. The van der Waals surface area contributed by atoms with Gasteiger partial charge < -0.3 is 10.1 Å². The molecule has 0 aromatic carbocycles. The second kappa shape index (κ2) is 5.05. The Morgan fingerprint density at radius 3 is 2.95 bits per heavy atom. The number of hydrogen-bond donors (Lipinski definition) is 1. The van der Waals surface area contributed by atoms with E-state index >= 15 is 0 Å². The van der Waals surface area contributed by atoms with Crippen LogP contribution in [0.15, 0.2) is 18.5 Å². The van der Waals surface area contributed by atoms with E-state index in [1.54, 1.807) is 6.20 Å². The number of nitrogens with zero attached hydrogens (tertiary/aromatic N) is 3. The molecule has 0 saturated carbocycles. The summed E-state index contributed by atoms with van der Waals surface area (Å²) in [4.78, 5) is 4.39. The predicted octanol–water partition coefficient (Wildman–Crippen LogP) is 2.16. The molecule has 1 saturated heterocycles. The summed E-state index contributed by atoms with van der Waals surface area (Å²) in [6.45, 7) is 8.46. The number of rotatable bonds is 2. The number of fused-ring (bicyclic) bond motifs is 1. The van der Waals surface area contributed by atoms with Gasteiger partial charge in [0.15, 0.2) is 0 Å². The van der Waals surface area contributed by atoms with Crippen molar-refractivity contribution in [3.8, 4) is 5.88 Å². The van der Waals surface area contributed by atoms with E-state index in [0.717, 1.165) is 37.1 Å². The van der Waals surface area contributed by atoms with Crippen LogP contribution < -0.4 is 10.1 Å². The lowest BCUT2D eigenvalue weighted by Gasteiger charge is -2.23. The van der Waals surface area contributed by atoms with Crippen LogP contribution in [-0.4, -0.2) is 33.8 Å². The highest BCUT2D eigenvalue weighted by atomic mass is 16.5. The molecule has 5 heteroatoms. The van der Waals surface area contributed by atoms with Gasteiger partial charge in [0.1, 0.15) is 11.6 Å². The molecule has 1 aliphatic rings. The van der Waals surface area contributed by atoms with Crippen LogP contribution in [0.4, 0.5) is 0 Å². The van der Waals surface area contributed by atoms with Crippen LogP contribution in [0.1, 0.15) is 39.3 Å². The predicted molar refractivity (Wildman–Crippen MR) is 78.2 cm³/mol. The number of ether oxygens (including phenoxy) is 1. The van der Waals surface area contributed by atoms with Gasteiger partial charge in [-0.25, -0.2) is 9.50 Å². The highest BCUT2D eigenvalue weighted by Gasteiger charge is 2.21. The molecular weight excluding hydrogens is 252 g/mol. The van der Waals surface area contributed by atoms with E-state index in [9.17, 15) is 0 Å². The van der Waals surface area contributed by atoms with E-state index in [0.29, 0.717) is 5.88 Å². The number of piperidine rings is 1. The molecular formula is C15H22N4O. The molecule has 1 N–H and O–H groups in total. The highest BCUT2D eigenvalue weighted by Crippen LogP contribution is 2.26. The third-order valence-corrected chi connectivity index (χ3v) is 3.65. The summed E-state index contributed by atoms with van der Waals surface area (Å²) in [5, 5.41) is 7.98. The smallest absolute Gasteiger partial charge is 0.240 e. The third-order valence-electron chi connectivity index (χ3n) is 3.65. The summed E-state index contributed by atoms with van der Waals surface area (Å²) in [5.74, 6) is 0.684. The molecule has 20 heavy (non-hydrogen) atoms. The fourth-order valence-electron chi connectivity index (χ4n) is 2.43. The molecule has 2 aromatic rings. The minimum atomic E-state index is 0.0235. The number of aromatic nitrogens is 3. The summed E-state index contributed by atoms with van der Waals surface area (Å²) in [6.07, 6.45) is 6.06. The second-order valence-corrected chi connectivity index (χ2v) is 6.43. The molecule has 2 aromatic heterocycles. The minimum Gasteiger partial charge on any atom is -0.471 e. The van der Waals surface area contributed by atoms with Gasteiger partial charge >= 0.3 is 0 Å². The first-order valence-electron chi connectivity index (χ1n) is 7.26. The number of hydrogen-bond acceptors (Lipinski definition) is 4. The van der Waals surface area contributed by atoms with Gasteiger partial charge in [-0.05, 0) is 25.5 Å². The van der Waals surface area contributed by atoms with Crippen molar-refractivity contribution in [2.75, 3.05) is 13.1 Å². The Balaban J connectivity index is 1.92. The monoisotopic (exact) mass is 274 g/mol. The number of nitrogens with one attached hydrogen (secondary N) is 1. The maximum Gasteiger partial charge on any atom is 0.240 e. The summed E-state index contributed by atoms with van der Waals surface area (Å²) in [5.41, 5.74) is 2.02. The molecule has 0 aliphatic carbocycles. The molecule has 1 unspecified atom stereocenters. The normalized spacial score (nSPS) is 20.2. The van der Waals surface area contributed by atoms with Crippen molar-refractivity contribution in [3.63, 3.8) is 0 Å². The fourth-order valence-corrected chi connectivity index (χ4v) is 2.43. The Morgan fingerprint density at radius 1 is 1.40 bits per heavy atom. The van der Waals surface area contributed by atoms with E-state index in [4.69, 9.17) is 4.74 Å². The zero-order valence-electron chi connectivity index (χ0n) is 12.4. The zero-order chi connectivity index (χ0) is 14.2. The van der Waals surface area contributed by atoms with Gasteiger partial charge in [0.25, 0.3) is 0 Å². The first kappa shape index (κ1) is 13.4. The molecule has 5 nitrogen and oxygen atoms in total. The Kier molecular flexibility index (Phi) is 3.38. The van der Waals surface area contributed by atoms with Gasteiger partial charge in [-0.1, -0.05) is 20.8 Å². The van der Waals surface area contributed by atoms with Crippen molar-refractivity contribution in [1.29, 1.82) is 0 Å². The lowest BCUT2D eigenvalue weighted by atomic mass is 9.92. The van der Waals surface area contributed by atoms with Crippen LogP contribution >= 0.6 is 0 Å². The molecule has 3 heterocycles. The van der Waals surface area contributed by atoms with E-state index < -0.39 is 0 Å². The Hall–Kier alpha value is -1.62. The molecule has 3 rings (SSSR count). The molecule has 0 amide bonds.